The third kappa shape index (κ3) is 3.88. The Morgan fingerprint density at radius 3 is 2.41 bits per heavy atom. The zero-order valence-electron chi connectivity index (χ0n) is 19.8. The second kappa shape index (κ2) is 8.90. The van der Waals surface area contributed by atoms with Crippen LogP contribution >= 0.6 is 0 Å². The summed E-state index contributed by atoms with van der Waals surface area (Å²) in [5.74, 6) is 1.01. The fourth-order valence-electron chi connectivity index (χ4n) is 4.42. The van der Waals surface area contributed by atoms with Crippen LogP contribution in [0.2, 0.25) is 0 Å². The van der Waals surface area contributed by atoms with Crippen LogP contribution in [-0.2, 0) is 20.2 Å². The van der Waals surface area contributed by atoms with Gasteiger partial charge < -0.3 is 4.74 Å². The summed E-state index contributed by atoms with van der Waals surface area (Å²) in [6.45, 7) is 0.467. The Balaban J connectivity index is 1.46. The molecular formula is C27H21FN6O3. The number of nitrogens with zero attached hydrogens (tertiary/aromatic N) is 5. The van der Waals surface area contributed by atoms with E-state index in [-0.39, 0.29) is 12.1 Å². The quantitative estimate of drug-likeness (QED) is 0.381. The molecule has 3 aromatic carbocycles. The Hall–Kier alpha value is -4.99. The first kappa shape index (κ1) is 22.5. The lowest BCUT2D eigenvalue weighted by molar-refractivity contribution is 0.306. The second-order valence-corrected chi connectivity index (χ2v) is 8.63. The van der Waals surface area contributed by atoms with Gasteiger partial charge in [0.15, 0.2) is 17.0 Å². The van der Waals surface area contributed by atoms with E-state index in [0.717, 1.165) is 5.56 Å². The molecule has 0 atom stereocenters. The zero-order valence-corrected chi connectivity index (χ0v) is 19.8. The van der Waals surface area contributed by atoms with Crippen LogP contribution in [0.3, 0.4) is 0 Å². The first-order valence-corrected chi connectivity index (χ1v) is 11.6. The molecule has 0 amide bonds. The summed E-state index contributed by atoms with van der Waals surface area (Å²) in [5, 5.41) is 8.68. The normalized spacial score (nSPS) is 11.4. The van der Waals surface area contributed by atoms with Crippen LogP contribution in [0.4, 0.5) is 4.39 Å². The summed E-state index contributed by atoms with van der Waals surface area (Å²) in [6.07, 6.45) is 0. The highest BCUT2D eigenvalue weighted by atomic mass is 19.1. The van der Waals surface area contributed by atoms with Crippen LogP contribution in [-0.4, -0.2) is 28.7 Å². The SMILES string of the molecule is Cn1c(=O)[nH]c(=O)c2c1n1c(-c3ccc(OCc4ccccc4)cc3)nnc1n2Cc1ccccc1F. The Labute approximate surface area is 209 Å². The topological polar surface area (TPSA) is 99.2 Å². The van der Waals surface area contributed by atoms with E-state index in [9.17, 15) is 14.0 Å². The minimum absolute atomic E-state index is 0.0331. The van der Waals surface area contributed by atoms with E-state index in [1.165, 1.54) is 10.6 Å². The van der Waals surface area contributed by atoms with Crippen LogP contribution in [0.25, 0.3) is 28.3 Å². The van der Waals surface area contributed by atoms with E-state index in [4.69, 9.17) is 4.74 Å². The van der Waals surface area contributed by atoms with Crippen molar-refractivity contribution in [2.24, 2.45) is 7.05 Å². The number of rotatable bonds is 6. The molecule has 0 spiro atoms. The highest BCUT2D eigenvalue weighted by Crippen LogP contribution is 2.27. The van der Waals surface area contributed by atoms with Crippen LogP contribution < -0.4 is 16.0 Å². The maximum atomic E-state index is 14.5. The van der Waals surface area contributed by atoms with Crippen molar-refractivity contribution in [3.63, 3.8) is 0 Å². The third-order valence-electron chi connectivity index (χ3n) is 6.29. The van der Waals surface area contributed by atoms with E-state index in [1.54, 1.807) is 34.2 Å². The third-order valence-corrected chi connectivity index (χ3v) is 6.29. The minimum Gasteiger partial charge on any atom is -0.489 e. The molecule has 3 heterocycles. The van der Waals surface area contributed by atoms with Crippen molar-refractivity contribution < 1.29 is 9.13 Å². The first-order chi connectivity index (χ1) is 18.0. The monoisotopic (exact) mass is 496 g/mol. The standard InChI is InChI=1S/C27H21FN6O3/c1-32-25-22(24(35)29-27(32)36)33(15-19-9-5-6-10-21(19)28)26-31-30-23(34(25)26)18-11-13-20(14-12-18)37-16-17-7-3-2-4-8-17/h2-14H,15-16H2,1H3,(H,29,35,36). The summed E-state index contributed by atoms with van der Waals surface area (Å²) in [4.78, 5) is 27.8. The molecule has 3 aromatic heterocycles. The maximum absolute atomic E-state index is 14.5. The molecule has 1 N–H and O–H groups in total. The summed E-state index contributed by atoms with van der Waals surface area (Å²) in [5.41, 5.74) is 1.47. The van der Waals surface area contributed by atoms with E-state index in [0.29, 0.717) is 40.7 Å². The molecule has 0 aliphatic carbocycles. The Morgan fingerprint density at radius 1 is 0.919 bits per heavy atom. The molecule has 0 bridgehead atoms. The Kier molecular flexibility index (Phi) is 5.41. The van der Waals surface area contributed by atoms with Crippen LogP contribution in [0, 0.1) is 5.82 Å². The molecule has 0 saturated carbocycles. The number of imidazole rings is 1. The van der Waals surface area contributed by atoms with Gasteiger partial charge in [-0.05, 0) is 35.9 Å². The van der Waals surface area contributed by atoms with Gasteiger partial charge in [0.05, 0.1) is 6.54 Å². The molecule has 10 heteroatoms. The van der Waals surface area contributed by atoms with Gasteiger partial charge >= 0.3 is 5.69 Å². The van der Waals surface area contributed by atoms with Gasteiger partial charge in [0.1, 0.15) is 18.2 Å². The van der Waals surface area contributed by atoms with Gasteiger partial charge in [-0.25, -0.2) is 13.6 Å². The van der Waals surface area contributed by atoms with Crippen LogP contribution in [0.5, 0.6) is 5.75 Å². The minimum atomic E-state index is -0.587. The van der Waals surface area contributed by atoms with Crippen molar-refractivity contribution in [3.05, 3.63) is 117 Å². The number of aryl methyl sites for hydroxylation is 1. The van der Waals surface area contributed by atoms with Gasteiger partial charge in [0.25, 0.3) is 5.56 Å². The van der Waals surface area contributed by atoms with Crippen molar-refractivity contribution in [1.29, 1.82) is 0 Å². The number of H-pyrrole nitrogens is 1. The zero-order chi connectivity index (χ0) is 25.5. The number of aromatic nitrogens is 6. The molecule has 6 aromatic rings. The number of halogens is 1. The molecule has 0 fully saturated rings. The Bertz CT molecular complexity index is 1870. The largest absolute Gasteiger partial charge is 0.489 e. The number of benzene rings is 3. The van der Waals surface area contributed by atoms with E-state index < -0.39 is 17.1 Å². The molecule has 6 rings (SSSR count). The smallest absolute Gasteiger partial charge is 0.329 e. The van der Waals surface area contributed by atoms with Gasteiger partial charge in [-0.2, -0.15) is 0 Å². The number of nitrogens with one attached hydrogen (secondary N) is 1. The summed E-state index contributed by atoms with van der Waals surface area (Å²) in [7, 11) is 1.55. The van der Waals surface area contributed by atoms with Gasteiger partial charge in [-0.15, -0.1) is 10.2 Å². The van der Waals surface area contributed by atoms with Crippen molar-refractivity contribution in [3.8, 4) is 17.1 Å². The fourth-order valence-corrected chi connectivity index (χ4v) is 4.42. The molecule has 184 valence electrons. The number of aromatic amines is 1. The molecule has 0 aliphatic rings. The van der Waals surface area contributed by atoms with Crippen LogP contribution in [0.1, 0.15) is 11.1 Å². The predicted molar refractivity (Wildman–Crippen MR) is 136 cm³/mol. The van der Waals surface area contributed by atoms with Crippen molar-refractivity contribution >= 4 is 16.9 Å². The van der Waals surface area contributed by atoms with Gasteiger partial charge in [-0.3, -0.25) is 18.9 Å². The first-order valence-electron chi connectivity index (χ1n) is 11.6. The molecule has 0 radical (unpaired) electrons. The summed E-state index contributed by atoms with van der Waals surface area (Å²) < 4.78 is 24.9. The maximum Gasteiger partial charge on any atom is 0.329 e. The molecule has 0 aliphatic heterocycles. The van der Waals surface area contributed by atoms with E-state index >= 15 is 0 Å². The number of fused-ring (bicyclic) bond motifs is 3. The average Bonchev–Trinajstić information content (AvgIpc) is 3.48. The lowest BCUT2D eigenvalue weighted by atomic mass is 10.2. The molecule has 0 saturated heterocycles. The molecule has 37 heavy (non-hydrogen) atoms. The van der Waals surface area contributed by atoms with Gasteiger partial charge in [0.2, 0.25) is 5.78 Å². The summed E-state index contributed by atoms with van der Waals surface area (Å²) in [6, 6.07) is 23.5. The van der Waals surface area contributed by atoms with Crippen molar-refractivity contribution in [2.45, 2.75) is 13.2 Å². The lowest BCUT2D eigenvalue weighted by Gasteiger charge is -2.07. The van der Waals surface area contributed by atoms with Gasteiger partial charge in [0, 0.05) is 18.2 Å². The number of hydrogen-bond acceptors (Lipinski definition) is 5. The molecular weight excluding hydrogens is 475 g/mol. The van der Waals surface area contributed by atoms with Crippen LogP contribution in [0.15, 0.2) is 88.5 Å². The van der Waals surface area contributed by atoms with Gasteiger partial charge in [-0.1, -0.05) is 48.5 Å². The fraction of sp³-hybridized carbons (Fsp3) is 0.111. The lowest BCUT2D eigenvalue weighted by Crippen LogP contribution is -2.29. The highest BCUT2D eigenvalue weighted by molar-refractivity contribution is 5.80. The van der Waals surface area contributed by atoms with Crippen molar-refractivity contribution in [2.75, 3.05) is 0 Å². The van der Waals surface area contributed by atoms with E-state index in [1.807, 2.05) is 54.6 Å². The molecule has 0 unspecified atom stereocenters. The molecule has 9 nitrogen and oxygen atoms in total. The van der Waals surface area contributed by atoms with E-state index in [2.05, 4.69) is 15.2 Å². The highest BCUT2D eigenvalue weighted by Gasteiger charge is 2.23. The Morgan fingerprint density at radius 2 is 1.65 bits per heavy atom. The number of hydrogen-bond donors (Lipinski definition) is 1. The summed E-state index contributed by atoms with van der Waals surface area (Å²) >= 11 is 0. The predicted octanol–water partition coefficient (Wildman–Crippen LogP) is 3.50. The number of ether oxygens (including phenoxy) is 1. The second-order valence-electron chi connectivity index (χ2n) is 8.63. The van der Waals surface area contributed by atoms with Crippen molar-refractivity contribution in [1.82, 2.24) is 28.7 Å². The average molecular weight is 497 g/mol.